The first-order valence-electron chi connectivity index (χ1n) is 9.93. The Hall–Kier alpha value is -2.41. The van der Waals surface area contributed by atoms with Crippen molar-refractivity contribution in [1.82, 2.24) is 20.1 Å². The number of hydrogen-bond acceptors (Lipinski definition) is 4. The second-order valence-electron chi connectivity index (χ2n) is 7.78. The third-order valence-corrected chi connectivity index (χ3v) is 5.96. The first kappa shape index (κ1) is 20.8. The van der Waals surface area contributed by atoms with Gasteiger partial charge in [-0.1, -0.05) is 23.7 Å². The fourth-order valence-electron chi connectivity index (χ4n) is 3.78. The Kier molecular flexibility index (Phi) is 6.09. The molecule has 1 N–H and O–H groups in total. The fourth-order valence-corrected chi connectivity index (χ4v) is 4.28. The summed E-state index contributed by atoms with van der Waals surface area (Å²) in [4.78, 5) is 8.92. The average Bonchev–Trinajstić information content (AvgIpc) is 3.33. The van der Waals surface area contributed by atoms with Gasteiger partial charge in [-0.15, -0.1) is 0 Å². The molecular formula is C23H25ClN4OS. The molecule has 3 aromatic rings. The van der Waals surface area contributed by atoms with Crippen LogP contribution in [0.15, 0.2) is 59.1 Å². The van der Waals surface area contributed by atoms with Crippen molar-refractivity contribution in [3.63, 3.8) is 0 Å². The van der Waals surface area contributed by atoms with Gasteiger partial charge in [0, 0.05) is 29.9 Å². The van der Waals surface area contributed by atoms with Crippen molar-refractivity contribution >= 4 is 28.9 Å². The molecule has 30 heavy (non-hydrogen) atoms. The number of rotatable bonds is 6. The zero-order valence-corrected chi connectivity index (χ0v) is 18.9. The lowest BCUT2D eigenvalue weighted by Crippen LogP contribution is -2.35. The molecule has 0 amide bonds. The number of aryl methyl sites for hydroxylation is 1. The number of benzene rings is 1. The SMILES string of the molecule is Cc1ccc(Cl)cc1-c1ccc([C@H]2[C@@H](c3ccccn3)NC(=S)N2CCN(C)C)o1. The Morgan fingerprint density at radius 2 is 2.03 bits per heavy atom. The Bertz CT molecular complexity index is 1040. The van der Waals surface area contributed by atoms with Crippen LogP contribution in [0.25, 0.3) is 11.3 Å². The molecule has 5 nitrogen and oxygen atoms in total. The lowest BCUT2D eigenvalue weighted by molar-refractivity contribution is 0.250. The highest BCUT2D eigenvalue weighted by atomic mass is 35.5. The molecule has 156 valence electrons. The van der Waals surface area contributed by atoms with Gasteiger partial charge in [0.1, 0.15) is 17.6 Å². The summed E-state index contributed by atoms with van der Waals surface area (Å²) in [7, 11) is 4.12. The number of nitrogens with zero attached hydrogens (tertiary/aromatic N) is 3. The molecule has 0 unspecified atom stereocenters. The zero-order chi connectivity index (χ0) is 21.3. The largest absolute Gasteiger partial charge is 0.459 e. The molecule has 0 bridgehead atoms. The molecule has 7 heteroatoms. The molecular weight excluding hydrogens is 416 g/mol. The van der Waals surface area contributed by atoms with Crippen LogP contribution in [0, 0.1) is 6.92 Å². The van der Waals surface area contributed by atoms with E-state index in [-0.39, 0.29) is 12.1 Å². The van der Waals surface area contributed by atoms with Crippen LogP contribution in [0.3, 0.4) is 0 Å². The summed E-state index contributed by atoms with van der Waals surface area (Å²) < 4.78 is 6.39. The van der Waals surface area contributed by atoms with E-state index in [1.165, 1.54) is 0 Å². The smallest absolute Gasteiger partial charge is 0.170 e. The van der Waals surface area contributed by atoms with Gasteiger partial charge in [-0.25, -0.2) is 0 Å². The summed E-state index contributed by atoms with van der Waals surface area (Å²) in [5.41, 5.74) is 3.05. The summed E-state index contributed by atoms with van der Waals surface area (Å²) in [6, 6.07) is 15.7. The lowest BCUT2D eigenvalue weighted by atomic mass is 10.0. The van der Waals surface area contributed by atoms with E-state index >= 15 is 0 Å². The lowest BCUT2D eigenvalue weighted by Gasteiger charge is -2.27. The second kappa shape index (κ2) is 8.76. The predicted molar refractivity (Wildman–Crippen MR) is 125 cm³/mol. The number of halogens is 1. The maximum atomic E-state index is 6.39. The summed E-state index contributed by atoms with van der Waals surface area (Å²) in [5.74, 6) is 1.65. The molecule has 1 fully saturated rings. The Morgan fingerprint density at radius 3 is 2.77 bits per heavy atom. The Morgan fingerprint density at radius 1 is 1.20 bits per heavy atom. The van der Waals surface area contributed by atoms with E-state index < -0.39 is 0 Å². The van der Waals surface area contributed by atoms with Gasteiger partial charge in [-0.2, -0.15) is 0 Å². The molecule has 0 spiro atoms. The molecule has 1 saturated heterocycles. The number of furan rings is 1. The van der Waals surface area contributed by atoms with Crippen LogP contribution in [0.2, 0.25) is 5.02 Å². The van der Waals surface area contributed by atoms with E-state index in [0.29, 0.717) is 5.02 Å². The van der Waals surface area contributed by atoms with Crippen LogP contribution in [0.1, 0.15) is 29.1 Å². The topological polar surface area (TPSA) is 44.5 Å². The van der Waals surface area contributed by atoms with Crippen LogP contribution in [-0.4, -0.2) is 47.1 Å². The maximum Gasteiger partial charge on any atom is 0.170 e. The zero-order valence-electron chi connectivity index (χ0n) is 17.3. The third kappa shape index (κ3) is 4.21. The fraction of sp³-hybridized carbons (Fsp3) is 0.304. The van der Waals surface area contributed by atoms with E-state index in [4.69, 9.17) is 28.2 Å². The molecule has 2 atom stereocenters. The van der Waals surface area contributed by atoms with Crippen molar-refractivity contribution < 1.29 is 4.42 Å². The molecule has 3 heterocycles. The number of aromatic nitrogens is 1. The van der Waals surface area contributed by atoms with Gasteiger partial charge >= 0.3 is 0 Å². The maximum absolute atomic E-state index is 6.39. The molecule has 0 saturated carbocycles. The number of hydrogen-bond donors (Lipinski definition) is 1. The number of thiocarbonyl (C=S) groups is 1. The normalized spacial score (nSPS) is 18.8. The minimum Gasteiger partial charge on any atom is -0.459 e. The summed E-state index contributed by atoms with van der Waals surface area (Å²) in [6.07, 6.45) is 1.81. The van der Waals surface area contributed by atoms with Gasteiger partial charge in [-0.3, -0.25) is 4.98 Å². The minimum atomic E-state index is -0.0830. The van der Waals surface area contributed by atoms with Gasteiger partial charge in [0.15, 0.2) is 5.11 Å². The first-order chi connectivity index (χ1) is 14.4. The van der Waals surface area contributed by atoms with E-state index in [2.05, 4.69) is 41.1 Å². The summed E-state index contributed by atoms with van der Waals surface area (Å²) in [6.45, 7) is 3.73. The van der Waals surface area contributed by atoms with Crippen LogP contribution in [0.5, 0.6) is 0 Å². The van der Waals surface area contributed by atoms with Crippen molar-refractivity contribution in [3.05, 3.63) is 76.8 Å². The van der Waals surface area contributed by atoms with Crippen molar-refractivity contribution in [3.8, 4) is 11.3 Å². The van der Waals surface area contributed by atoms with Gasteiger partial charge in [0.2, 0.25) is 0 Å². The van der Waals surface area contributed by atoms with E-state index in [9.17, 15) is 0 Å². The monoisotopic (exact) mass is 440 g/mol. The predicted octanol–water partition coefficient (Wildman–Crippen LogP) is 4.84. The Balaban J connectivity index is 1.72. The molecule has 0 radical (unpaired) electrons. The highest BCUT2D eigenvalue weighted by molar-refractivity contribution is 7.80. The van der Waals surface area contributed by atoms with Crippen LogP contribution >= 0.6 is 23.8 Å². The van der Waals surface area contributed by atoms with Crippen molar-refractivity contribution in [2.24, 2.45) is 0 Å². The summed E-state index contributed by atoms with van der Waals surface area (Å²) in [5, 5.41) is 4.87. The number of nitrogens with one attached hydrogen (secondary N) is 1. The molecule has 1 aliphatic heterocycles. The summed E-state index contributed by atoms with van der Waals surface area (Å²) >= 11 is 11.9. The van der Waals surface area contributed by atoms with Gasteiger partial charge in [0.05, 0.1) is 11.7 Å². The van der Waals surface area contributed by atoms with Crippen LogP contribution in [0.4, 0.5) is 0 Å². The third-order valence-electron chi connectivity index (χ3n) is 5.37. The van der Waals surface area contributed by atoms with E-state index in [0.717, 1.165) is 46.5 Å². The first-order valence-corrected chi connectivity index (χ1v) is 10.7. The molecule has 0 aliphatic carbocycles. The van der Waals surface area contributed by atoms with Crippen LogP contribution in [-0.2, 0) is 0 Å². The highest BCUT2D eigenvalue weighted by Gasteiger charge is 2.41. The minimum absolute atomic E-state index is 0.0828. The van der Waals surface area contributed by atoms with Crippen molar-refractivity contribution in [2.75, 3.05) is 27.2 Å². The Labute approximate surface area is 187 Å². The molecule has 2 aromatic heterocycles. The van der Waals surface area contributed by atoms with Gasteiger partial charge in [0.25, 0.3) is 0 Å². The number of likely N-dealkylation sites (N-methyl/N-ethyl adjacent to an activating group) is 1. The average molecular weight is 441 g/mol. The molecule has 4 rings (SSSR count). The van der Waals surface area contributed by atoms with E-state index in [1.54, 1.807) is 0 Å². The number of pyridine rings is 1. The quantitative estimate of drug-likeness (QED) is 0.553. The van der Waals surface area contributed by atoms with E-state index in [1.807, 2.05) is 54.7 Å². The highest BCUT2D eigenvalue weighted by Crippen LogP contribution is 2.40. The van der Waals surface area contributed by atoms with Crippen LogP contribution < -0.4 is 5.32 Å². The second-order valence-corrected chi connectivity index (χ2v) is 8.61. The van der Waals surface area contributed by atoms with Crippen molar-refractivity contribution in [1.29, 1.82) is 0 Å². The van der Waals surface area contributed by atoms with Gasteiger partial charge < -0.3 is 19.5 Å². The van der Waals surface area contributed by atoms with Gasteiger partial charge in [-0.05, 0) is 75.2 Å². The molecule has 1 aliphatic rings. The van der Waals surface area contributed by atoms with Crippen molar-refractivity contribution in [2.45, 2.75) is 19.0 Å². The molecule has 1 aromatic carbocycles. The standard InChI is InChI=1S/C23H25ClN4OS/c1-15-7-8-16(24)14-17(15)19-9-10-20(29-19)22-21(18-6-4-5-11-25-18)26-23(30)28(22)13-12-27(2)3/h4-11,14,21-22H,12-13H2,1-3H3,(H,26,30)/t21-,22+/m1/s1.